The molecule has 0 amide bonds. The van der Waals surface area contributed by atoms with Crippen LogP contribution in [0.25, 0.3) is 0 Å². The van der Waals surface area contributed by atoms with Gasteiger partial charge in [0.2, 0.25) is 0 Å². The molecule has 0 bridgehead atoms. The van der Waals surface area contributed by atoms with Gasteiger partial charge in [-0.1, -0.05) is 18.2 Å². The second kappa shape index (κ2) is 5.19. The van der Waals surface area contributed by atoms with Crippen LogP contribution in [0.1, 0.15) is 28.6 Å². The maximum absolute atomic E-state index is 10.4. The number of ether oxygens (including phenoxy) is 1. The van der Waals surface area contributed by atoms with Gasteiger partial charge in [0.1, 0.15) is 11.9 Å². The van der Waals surface area contributed by atoms with Crippen LogP contribution in [0.2, 0.25) is 0 Å². The minimum Gasteiger partial charge on any atom is -0.496 e. The van der Waals surface area contributed by atoms with Crippen LogP contribution in [0.5, 0.6) is 5.75 Å². The molecule has 0 radical (unpaired) electrons. The van der Waals surface area contributed by atoms with Crippen LogP contribution in [0.4, 0.5) is 0 Å². The molecule has 1 N–H and O–H groups in total. The summed E-state index contributed by atoms with van der Waals surface area (Å²) in [6.07, 6.45) is -0.693. The summed E-state index contributed by atoms with van der Waals surface area (Å²) in [6.45, 7) is 3.84. The Balaban J connectivity index is 2.44. The summed E-state index contributed by atoms with van der Waals surface area (Å²) < 4.78 is 5.27. The first-order valence-corrected chi connectivity index (χ1v) is 5.88. The summed E-state index contributed by atoms with van der Waals surface area (Å²) in [6, 6.07) is 11.3. The first-order valence-electron chi connectivity index (χ1n) is 5.88. The lowest BCUT2D eigenvalue weighted by atomic mass is 10.00. The van der Waals surface area contributed by atoms with Gasteiger partial charge in [-0.2, -0.15) is 0 Å². The van der Waals surface area contributed by atoms with Crippen molar-refractivity contribution < 1.29 is 9.84 Å². The number of hydrogen-bond acceptors (Lipinski definition) is 3. The van der Waals surface area contributed by atoms with Crippen molar-refractivity contribution in [3.8, 4) is 5.75 Å². The van der Waals surface area contributed by atoms with Crippen molar-refractivity contribution in [2.75, 3.05) is 7.11 Å². The zero-order chi connectivity index (χ0) is 13.1. The molecule has 1 aromatic carbocycles. The van der Waals surface area contributed by atoms with E-state index < -0.39 is 6.10 Å². The molecule has 0 aliphatic rings. The highest BCUT2D eigenvalue weighted by Crippen LogP contribution is 2.29. The van der Waals surface area contributed by atoms with E-state index in [1.165, 1.54) is 0 Å². The van der Waals surface area contributed by atoms with Crippen LogP contribution in [0.15, 0.2) is 36.4 Å². The van der Waals surface area contributed by atoms with Crippen LogP contribution in [0, 0.1) is 13.8 Å². The fourth-order valence-electron chi connectivity index (χ4n) is 2.10. The molecule has 18 heavy (non-hydrogen) atoms. The number of aromatic nitrogens is 1. The first-order chi connectivity index (χ1) is 8.61. The molecular formula is C15H17NO2. The minimum absolute atomic E-state index is 0.692. The molecule has 0 fully saturated rings. The summed E-state index contributed by atoms with van der Waals surface area (Å²) in [5, 5.41) is 10.4. The average Bonchev–Trinajstić information content (AvgIpc) is 2.36. The van der Waals surface area contributed by atoms with E-state index in [2.05, 4.69) is 4.98 Å². The summed E-state index contributed by atoms with van der Waals surface area (Å²) in [7, 11) is 1.61. The SMILES string of the molecule is COc1ccccc1C(O)c1cc(C)nc(C)c1. The highest BCUT2D eigenvalue weighted by molar-refractivity contribution is 5.40. The van der Waals surface area contributed by atoms with E-state index in [9.17, 15) is 5.11 Å². The lowest BCUT2D eigenvalue weighted by molar-refractivity contribution is 0.214. The number of aryl methyl sites for hydroxylation is 2. The summed E-state index contributed by atoms with van der Waals surface area (Å²) in [4.78, 5) is 4.31. The Kier molecular flexibility index (Phi) is 3.63. The minimum atomic E-state index is -0.693. The number of hydrogen-bond donors (Lipinski definition) is 1. The molecule has 2 aromatic rings. The van der Waals surface area contributed by atoms with Gasteiger partial charge in [0.05, 0.1) is 7.11 Å². The lowest BCUT2D eigenvalue weighted by Gasteiger charge is -2.15. The van der Waals surface area contributed by atoms with Gasteiger partial charge in [0.15, 0.2) is 0 Å². The van der Waals surface area contributed by atoms with Crippen LogP contribution < -0.4 is 4.74 Å². The standard InChI is InChI=1S/C15H17NO2/c1-10-8-12(9-11(2)16-10)15(17)13-6-4-5-7-14(13)18-3/h4-9,15,17H,1-3H3. The predicted molar refractivity (Wildman–Crippen MR) is 70.8 cm³/mol. The molecule has 0 aliphatic heterocycles. The smallest absolute Gasteiger partial charge is 0.125 e. The number of nitrogens with zero attached hydrogens (tertiary/aromatic N) is 1. The van der Waals surface area contributed by atoms with Crippen LogP contribution in [0.3, 0.4) is 0 Å². The molecule has 3 nitrogen and oxygen atoms in total. The Labute approximate surface area is 107 Å². The maximum atomic E-state index is 10.4. The van der Waals surface area contributed by atoms with Gasteiger partial charge in [0.25, 0.3) is 0 Å². The summed E-state index contributed by atoms with van der Waals surface area (Å²) in [5.74, 6) is 0.692. The van der Waals surface area contributed by atoms with Crippen molar-refractivity contribution in [2.45, 2.75) is 20.0 Å². The third-order valence-corrected chi connectivity index (χ3v) is 2.85. The highest BCUT2D eigenvalue weighted by atomic mass is 16.5. The van der Waals surface area contributed by atoms with E-state index in [0.717, 1.165) is 22.5 Å². The number of para-hydroxylation sites is 1. The van der Waals surface area contributed by atoms with Gasteiger partial charge in [-0.3, -0.25) is 4.98 Å². The van der Waals surface area contributed by atoms with E-state index in [-0.39, 0.29) is 0 Å². The number of pyridine rings is 1. The molecule has 0 spiro atoms. The Morgan fingerprint density at radius 1 is 1.11 bits per heavy atom. The Hall–Kier alpha value is -1.87. The van der Waals surface area contributed by atoms with Gasteiger partial charge < -0.3 is 9.84 Å². The fraction of sp³-hybridized carbons (Fsp3) is 0.267. The number of benzene rings is 1. The third-order valence-electron chi connectivity index (χ3n) is 2.85. The normalized spacial score (nSPS) is 12.2. The number of aliphatic hydroxyl groups is 1. The van der Waals surface area contributed by atoms with Gasteiger partial charge in [0, 0.05) is 17.0 Å². The van der Waals surface area contributed by atoms with E-state index in [4.69, 9.17) is 4.74 Å². The van der Waals surface area contributed by atoms with Gasteiger partial charge in [-0.25, -0.2) is 0 Å². The number of aliphatic hydroxyl groups excluding tert-OH is 1. The van der Waals surface area contributed by atoms with Crippen molar-refractivity contribution >= 4 is 0 Å². The molecular weight excluding hydrogens is 226 g/mol. The molecule has 1 aromatic heterocycles. The molecule has 94 valence electrons. The van der Waals surface area contributed by atoms with E-state index in [0.29, 0.717) is 5.75 Å². The fourth-order valence-corrected chi connectivity index (χ4v) is 2.10. The Morgan fingerprint density at radius 2 is 1.72 bits per heavy atom. The summed E-state index contributed by atoms with van der Waals surface area (Å²) >= 11 is 0. The molecule has 0 saturated carbocycles. The van der Waals surface area contributed by atoms with Crippen LogP contribution in [-0.2, 0) is 0 Å². The molecule has 2 rings (SSSR count). The lowest BCUT2D eigenvalue weighted by Crippen LogP contribution is -2.04. The largest absolute Gasteiger partial charge is 0.496 e. The van der Waals surface area contributed by atoms with Gasteiger partial charge in [-0.05, 0) is 37.6 Å². The van der Waals surface area contributed by atoms with Crippen LogP contribution >= 0.6 is 0 Å². The quantitative estimate of drug-likeness (QED) is 0.901. The molecule has 1 heterocycles. The first kappa shape index (κ1) is 12.6. The summed E-state index contributed by atoms with van der Waals surface area (Å²) in [5.41, 5.74) is 3.41. The van der Waals surface area contributed by atoms with Crippen molar-refractivity contribution in [1.82, 2.24) is 4.98 Å². The predicted octanol–water partition coefficient (Wildman–Crippen LogP) is 2.79. The topological polar surface area (TPSA) is 42.4 Å². The molecule has 0 saturated heterocycles. The van der Waals surface area contributed by atoms with Crippen LogP contribution in [-0.4, -0.2) is 17.2 Å². The van der Waals surface area contributed by atoms with E-state index in [1.54, 1.807) is 7.11 Å². The van der Waals surface area contributed by atoms with Crippen molar-refractivity contribution in [2.24, 2.45) is 0 Å². The number of rotatable bonds is 3. The Morgan fingerprint density at radius 3 is 2.33 bits per heavy atom. The number of methoxy groups -OCH3 is 1. The van der Waals surface area contributed by atoms with Crippen molar-refractivity contribution in [3.63, 3.8) is 0 Å². The molecule has 3 heteroatoms. The zero-order valence-electron chi connectivity index (χ0n) is 10.8. The molecule has 1 unspecified atom stereocenters. The third kappa shape index (κ3) is 2.51. The molecule has 0 aliphatic carbocycles. The van der Waals surface area contributed by atoms with Gasteiger partial charge >= 0.3 is 0 Å². The monoisotopic (exact) mass is 243 g/mol. The van der Waals surface area contributed by atoms with E-state index in [1.807, 2.05) is 50.2 Å². The second-order valence-corrected chi connectivity index (χ2v) is 4.33. The zero-order valence-corrected chi connectivity index (χ0v) is 10.8. The van der Waals surface area contributed by atoms with E-state index >= 15 is 0 Å². The highest BCUT2D eigenvalue weighted by Gasteiger charge is 2.15. The maximum Gasteiger partial charge on any atom is 0.125 e. The Bertz CT molecular complexity index is 532. The van der Waals surface area contributed by atoms with Crippen molar-refractivity contribution in [3.05, 3.63) is 58.9 Å². The van der Waals surface area contributed by atoms with Crippen molar-refractivity contribution in [1.29, 1.82) is 0 Å². The van der Waals surface area contributed by atoms with Gasteiger partial charge in [-0.15, -0.1) is 0 Å². The molecule has 1 atom stereocenters. The average molecular weight is 243 g/mol. The second-order valence-electron chi connectivity index (χ2n) is 4.33.